The smallest absolute Gasteiger partial charge is 0.296 e. The first-order chi connectivity index (χ1) is 23.1. The number of ketones is 1. The molecule has 0 spiro atoms. The number of aromatic hydroxyl groups is 6. The van der Waals surface area contributed by atoms with Crippen molar-refractivity contribution in [3.05, 3.63) is 75.3 Å². The van der Waals surface area contributed by atoms with Crippen LogP contribution in [0.3, 0.4) is 0 Å². The van der Waals surface area contributed by atoms with Gasteiger partial charge in [-0.2, -0.15) is 0 Å². The summed E-state index contributed by atoms with van der Waals surface area (Å²) in [4.78, 5) is 45.8. The van der Waals surface area contributed by atoms with Gasteiger partial charge >= 0.3 is 0 Å². The number of phenols is 6. The predicted octanol–water partition coefficient (Wildman–Crippen LogP) is 7.20. The second kappa shape index (κ2) is 12.5. The number of hydrogen-bond acceptors (Lipinski definition) is 10. The molecule has 0 unspecified atom stereocenters. The number of carbonyl (C=O) groups is 4. The van der Waals surface area contributed by atoms with E-state index in [-0.39, 0.29) is 44.9 Å². The number of carbonyl (C=O) groups excluding carboxylic acids is 4. The molecule has 0 bridgehead atoms. The SMILES string of the molecule is Cc1cc2c(C(C)C)c(O)c(O)c(C=O)c2c(O)c1-c1c(C)cc2c(C(C)C)c(O)c(O)c(C=O)c2c1O.O=C1Nc2ccccc2C1=O. The van der Waals surface area contributed by atoms with Crippen molar-refractivity contribution >= 4 is 51.5 Å². The molecular formula is C38H35NO10. The number of nitrogens with one attached hydrogen (secondary N) is 1. The Hall–Kier alpha value is -6.10. The average Bonchev–Trinajstić information content (AvgIpc) is 3.33. The van der Waals surface area contributed by atoms with Crippen molar-refractivity contribution in [1.29, 1.82) is 0 Å². The first kappa shape index (κ1) is 34.2. The Morgan fingerprint density at radius 2 is 1.02 bits per heavy atom. The van der Waals surface area contributed by atoms with E-state index < -0.39 is 46.2 Å². The van der Waals surface area contributed by atoms with Crippen molar-refractivity contribution in [2.24, 2.45) is 0 Å². The number of aldehydes is 2. The van der Waals surface area contributed by atoms with E-state index in [1.165, 1.54) is 0 Å². The third kappa shape index (κ3) is 5.23. The van der Waals surface area contributed by atoms with E-state index in [9.17, 15) is 49.8 Å². The fraction of sp³-hybridized carbons (Fsp3) is 0.211. The van der Waals surface area contributed by atoms with Gasteiger partial charge in [0.05, 0.1) is 22.4 Å². The number of anilines is 1. The summed E-state index contributed by atoms with van der Waals surface area (Å²) >= 11 is 0. The Kier molecular flexibility index (Phi) is 8.73. The molecule has 49 heavy (non-hydrogen) atoms. The molecule has 7 N–H and O–H groups in total. The first-order valence-corrected chi connectivity index (χ1v) is 15.4. The summed E-state index contributed by atoms with van der Waals surface area (Å²) in [5.74, 6) is -4.55. The Labute approximate surface area is 280 Å². The molecule has 1 amide bonds. The average molecular weight is 666 g/mol. The molecule has 1 aliphatic heterocycles. The maximum atomic E-state index is 12.0. The number of aryl methyl sites for hydroxylation is 2. The van der Waals surface area contributed by atoms with Crippen LogP contribution in [0, 0.1) is 13.8 Å². The van der Waals surface area contributed by atoms with E-state index in [2.05, 4.69) is 5.32 Å². The highest BCUT2D eigenvalue weighted by atomic mass is 16.3. The molecular weight excluding hydrogens is 630 g/mol. The lowest BCUT2D eigenvalue weighted by Crippen LogP contribution is -2.12. The van der Waals surface area contributed by atoms with Crippen molar-refractivity contribution in [3.63, 3.8) is 0 Å². The van der Waals surface area contributed by atoms with Gasteiger partial charge in [-0.15, -0.1) is 0 Å². The Bertz CT molecular complexity index is 2140. The number of phenolic OH excluding ortho intramolecular Hbond substituents is 6. The molecule has 0 aliphatic carbocycles. The summed E-state index contributed by atoms with van der Waals surface area (Å²) in [7, 11) is 0. The minimum Gasteiger partial charge on any atom is -0.507 e. The molecule has 11 heteroatoms. The zero-order valence-electron chi connectivity index (χ0n) is 27.6. The van der Waals surface area contributed by atoms with Gasteiger partial charge in [0.15, 0.2) is 35.6 Å². The zero-order chi connectivity index (χ0) is 36.2. The quantitative estimate of drug-likeness (QED) is 0.0571. The number of para-hydroxylation sites is 1. The standard InChI is InChI=1S/C30H30O8.C8H5NO2/c1-11(2)19-15-7-13(5)21(27(35)23(15)17(9-31)25(33)29(19)37)22-14(6)8-16-20(12(3)4)30(38)26(34)18(10-32)24(16)28(22)36;10-7-5-3-1-2-4-6(5)9-8(7)11/h7-12,33-38H,1-6H3;1-4H,(H,9,10,11). The molecule has 1 aliphatic rings. The summed E-state index contributed by atoms with van der Waals surface area (Å²) < 4.78 is 0. The van der Waals surface area contributed by atoms with Crippen LogP contribution in [0.4, 0.5) is 5.69 Å². The number of fused-ring (bicyclic) bond motifs is 3. The van der Waals surface area contributed by atoms with Crippen molar-refractivity contribution in [2.75, 3.05) is 5.32 Å². The highest BCUT2D eigenvalue weighted by Crippen LogP contribution is 2.54. The van der Waals surface area contributed by atoms with Gasteiger partial charge in [0.2, 0.25) is 0 Å². The Balaban J connectivity index is 0.000000357. The lowest BCUT2D eigenvalue weighted by molar-refractivity contribution is -0.112. The molecule has 5 aromatic carbocycles. The van der Waals surface area contributed by atoms with Gasteiger partial charge in [0.1, 0.15) is 11.5 Å². The van der Waals surface area contributed by atoms with Gasteiger partial charge in [-0.3, -0.25) is 19.2 Å². The summed E-state index contributed by atoms with van der Waals surface area (Å²) in [6, 6.07) is 10.2. The number of benzene rings is 5. The molecule has 1 heterocycles. The fourth-order valence-electron chi connectivity index (χ4n) is 6.69. The fourth-order valence-corrected chi connectivity index (χ4v) is 6.69. The minimum absolute atomic E-state index is 0.00512. The first-order valence-electron chi connectivity index (χ1n) is 15.4. The Morgan fingerprint density at radius 3 is 1.39 bits per heavy atom. The number of amides is 1. The molecule has 0 saturated heterocycles. The van der Waals surface area contributed by atoms with Crippen LogP contribution in [0.25, 0.3) is 32.7 Å². The number of hydrogen-bond donors (Lipinski definition) is 7. The minimum atomic E-state index is -0.661. The Morgan fingerprint density at radius 1 is 0.612 bits per heavy atom. The predicted molar refractivity (Wildman–Crippen MR) is 185 cm³/mol. The van der Waals surface area contributed by atoms with Crippen molar-refractivity contribution in [2.45, 2.75) is 53.4 Å². The van der Waals surface area contributed by atoms with Crippen LogP contribution in [-0.2, 0) is 4.79 Å². The summed E-state index contributed by atoms with van der Waals surface area (Å²) in [6.07, 6.45) is 0.682. The summed E-state index contributed by atoms with van der Waals surface area (Å²) in [5, 5.41) is 68.8. The molecule has 11 nitrogen and oxygen atoms in total. The van der Waals surface area contributed by atoms with Gasteiger partial charge in [-0.25, -0.2) is 0 Å². The van der Waals surface area contributed by atoms with E-state index in [1.54, 1.807) is 77.9 Å². The van der Waals surface area contributed by atoms with Crippen LogP contribution < -0.4 is 5.32 Å². The van der Waals surface area contributed by atoms with Gasteiger partial charge in [-0.1, -0.05) is 52.0 Å². The normalized spacial score (nSPS) is 12.3. The molecule has 0 atom stereocenters. The molecule has 0 radical (unpaired) electrons. The second-order valence-electron chi connectivity index (χ2n) is 12.6. The largest absolute Gasteiger partial charge is 0.507 e. The number of Topliss-reactive ketones (excluding diaryl/α,β-unsaturated/α-hetero) is 1. The van der Waals surface area contributed by atoms with Crippen LogP contribution in [0.1, 0.15) is 92.9 Å². The summed E-state index contributed by atoms with van der Waals surface area (Å²) in [6.45, 7) is 10.5. The van der Waals surface area contributed by atoms with Crippen LogP contribution in [0.5, 0.6) is 34.5 Å². The molecule has 5 aromatic rings. The van der Waals surface area contributed by atoms with Gasteiger partial charge in [0.25, 0.3) is 11.7 Å². The van der Waals surface area contributed by atoms with Gasteiger partial charge in [0, 0.05) is 33.0 Å². The van der Waals surface area contributed by atoms with E-state index in [1.807, 2.05) is 0 Å². The van der Waals surface area contributed by atoms with Crippen LogP contribution in [0.15, 0.2) is 36.4 Å². The van der Waals surface area contributed by atoms with Gasteiger partial charge in [-0.05, 0) is 59.7 Å². The van der Waals surface area contributed by atoms with Crippen LogP contribution in [-0.4, -0.2) is 54.9 Å². The second-order valence-corrected chi connectivity index (χ2v) is 12.6. The highest BCUT2D eigenvalue weighted by Gasteiger charge is 2.30. The molecule has 0 aromatic heterocycles. The van der Waals surface area contributed by atoms with Crippen molar-refractivity contribution < 1.29 is 49.8 Å². The van der Waals surface area contributed by atoms with E-state index in [0.717, 1.165) is 0 Å². The maximum absolute atomic E-state index is 12.0. The zero-order valence-corrected chi connectivity index (χ0v) is 27.6. The number of rotatable bonds is 5. The van der Waals surface area contributed by atoms with E-state index in [4.69, 9.17) is 0 Å². The highest BCUT2D eigenvalue weighted by molar-refractivity contribution is 6.51. The molecule has 252 valence electrons. The third-order valence-corrected chi connectivity index (χ3v) is 8.85. The van der Waals surface area contributed by atoms with E-state index >= 15 is 0 Å². The molecule has 0 fully saturated rings. The molecule has 0 saturated carbocycles. The lowest BCUT2D eigenvalue weighted by Gasteiger charge is -2.23. The summed E-state index contributed by atoms with van der Waals surface area (Å²) in [5.41, 5.74) is 2.41. The monoisotopic (exact) mass is 665 g/mol. The van der Waals surface area contributed by atoms with Crippen molar-refractivity contribution in [3.8, 4) is 45.6 Å². The third-order valence-electron chi connectivity index (χ3n) is 8.85. The maximum Gasteiger partial charge on any atom is 0.296 e. The van der Waals surface area contributed by atoms with Gasteiger partial charge < -0.3 is 36.0 Å². The topological polar surface area (TPSA) is 202 Å². The van der Waals surface area contributed by atoms with Crippen LogP contribution >= 0.6 is 0 Å². The van der Waals surface area contributed by atoms with E-state index in [0.29, 0.717) is 56.8 Å². The lowest BCUT2D eigenvalue weighted by atomic mass is 9.83. The van der Waals surface area contributed by atoms with Crippen LogP contribution in [0.2, 0.25) is 0 Å². The molecule has 6 rings (SSSR count). The van der Waals surface area contributed by atoms with Crippen molar-refractivity contribution in [1.82, 2.24) is 0 Å².